The summed E-state index contributed by atoms with van der Waals surface area (Å²) in [6.45, 7) is 6.56. The third-order valence-corrected chi connectivity index (χ3v) is 3.62. The molecule has 0 aromatic carbocycles. The Kier molecular flexibility index (Phi) is 2.88. The van der Waals surface area contributed by atoms with Gasteiger partial charge in [0.25, 0.3) is 0 Å². The second-order valence-electron chi connectivity index (χ2n) is 4.67. The van der Waals surface area contributed by atoms with Crippen LogP contribution >= 0.6 is 0 Å². The third kappa shape index (κ3) is 1.69. The van der Waals surface area contributed by atoms with E-state index in [2.05, 4.69) is 5.32 Å². The largest absolute Gasteiger partial charge is 0.466 e. The first-order valence-electron chi connectivity index (χ1n) is 5.72. The SMILES string of the molecule is CCOC(=O)C1CN(C(C)=O)CC12CNC2. The van der Waals surface area contributed by atoms with Crippen molar-refractivity contribution in [3.8, 4) is 0 Å². The predicted molar refractivity (Wildman–Crippen MR) is 57.7 cm³/mol. The molecule has 2 saturated heterocycles. The quantitative estimate of drug-likeness (QED) is 0.652. The minimum absolute atomic E-state index is 0.0399. The summed E-state index contributed by atoms with van der Waals surface area (Å²) in [4.78, 5) is 24.9. The molecule has 90 valence electrons. The normalized spacial score (nSPS) is 26.6. The van der Waals surface area contributed by atoms with Crippen LogP contribution in [0.15, 0.2) is 0 Å². The van der Waals surface area contributed by atoms with Gasteiger partial charge in [-0.1, -0.05) is 0 Å². The molecule has 0 aliphatic carbocycles. The molecule has 5 nitrogen and oxygen atoms in total. The number of nitrogens with one attached hydrogen (secondary N) is 1. The number of likely N-dealkylation sites (tertiary alicyclic amines) is 1. The molecule has 1 spiro atoms. The van der Waals surface area contributed by atoms with Gasteiger partial charge in [-0.3, -0.25) is 9.59 Å². The summed E-state index contributed by atoms with van der Waals surface area (Å²) in [5.74, 6) is -0.275. The lowest BCUT2D eigenvalue weighted by Gasteiger charge is -2.42. The first kappa shape index (κ1) is 11.4. The van der Waals surface area contributed by atoms with E-state index in [0.29, 0.717) is 19.7 Å². The van der Waals surface area contributed by atoms with Crippen molar-refractivity contribution in [2.45, 2.75) is 13.8 Å². The topological polar surface area (TPSA) is 58.6 Å². The highest BCUT2D eigenvalue weighted by Gasteiger charge is 2.54. The van der Waals surface area contributed by atoms with E-state index in [0.717, 1.165) is 13.1 Å². The number of amides is 1. The number of hydrogen-bond donors (Lipinski definition) is 1. The summed E-state index contributed by atoms with van der Waals surface area (Å²) in [5.41, 5.74) is -0.0715. The fourth-order valence-corrected chi connectivity index (χ4v) is 2.58. The number of nitrogens with zero attached hydrogens (tertiary/aromatic N) is 1. The molecule has 0 saturated carbocycles. The van der Waals surface area contributed by atoms with Crippen LogP contribution in [0.4, 0.5) is 0 Å². The molecule has 16 heavy (non-hydrogen) atoms. The van der Waals surface area contributed by atoms with E-state index in [-0.39, 0.29) is 23.2 Å². The summed E-state index contributed by atoms with van der Waals surface area (Å²) in [7, 11) is 0. The average Bonchev–Trinajstić information content (AvgIpc) is 2.57. The highest BCUT2D eigenvalue weighted by Crippen LogP contribution is 2.40. The van der Waals surface area contributed by atoms with Crippen molar-refractivity contribution >= 4 is 11.9 Å². The van der Waals surface area contributed by atoms with Gasteiger partial charge in [-0.15, -0.1) is 0 Å². The van der Waals surface area contributed by atoms with E-state index >= 15 is 0 Å². The summed E-state index contributed by atoms with van der Waals surface area (Å²) in [6, 6.07) is 0. The fraction of sp³-hybridized carbons (Fsp3) is 0.818. The van der Waals surface area contributed by atoms with Crippen molar-refractivity contribution in [3.63, 3.8) is 0 Å². The third-order valence-electron chi connectivity index (χ3n) is 3.62. The minimum Gasteiger partial charge on any atom is -0.466 e. The van der Waals surface area contributed by atoms with Crippen molar-refractivity contribution in [3.05, 3.63) is 0 Å². The van der Waals surface area contributed by atoms with Crippen molar-refractivity contribution in [2.24, 2.45) is 11.3 Å². The predicted octanol–water partition coefficient (Wildman–Crippen LogP) is -0.383. The molecule has 0 aromatic rings. The van der Waals surface area contributed by atoms with Crippen LogP contribution in [0, 0.1) is 11.3 Å². The van der Waals surface area contributed by atoms with Gasteiger partial charge in [0.05, 0.1) is 12.5 Å². The Morgan fingerprint density at radius 2 is 2.19 bits per heavy atom. The van der Waals surface area contributed by atoms with E-state index in [9.17, 15) is 9.59 Å². The Morgan fingerprint density at radius 1 is 1.50 bits per heavy atom. The Bertz CT molecular complexity index is 312. The molecule has 0 aromatic heterocycles. The van der Waals surface area contributed by atoms with Gasteiger partial charge in [-0.05, 0) is 6.92 Å². The maximum absolute atomic E-state index is 11.8. The molecule has 1 N–H and O–H groups in total. The molecular formula is C11H18N2O3. The summed E-state index contributed by atoms with van der Waals surface area (Å²) in [5, 5.41) is 3.18. The highest BCUT2D eigenvalue weighted by molar-refractivity contribution is 5.79. The van der Waals surface area contributed by atoms with Gasteiger partial charge < -0.3 is 15.0 Å². The second-order valence-corrected chi connectivity index (χ2v) is 4.67. The van der Waals surface area contributed by atoms with Gasteiger partial charge >= 0.3 is 5.97 Å². The monoisotopic (exact) mass is 226 g/mol. The number of rotatable bonds is 2. The lowest BCUT2D eigenvalue weighted by molar-refractivity contribution is -0.152. The lowest BCUT2D eigenvalue weighted by atomic mass is 9.73. The van der Waals surface area contributed by atoms with Crippen molar-refractivity contribution < 1.29 is 14.3 Å². The average molecular weight is 226 g/mol. The molecule has 1 atom stereocenters. The molecule has 2 heterocycles. The number of hydrogen-bond acceptors (Lipinski definition) is 4. The van der Waals surface area contributed by atoms with E-state index in [1.165, 1.54) is 0 Å². The molecule has 1 amide bonds. The molecular weight excluding hydrogens is 208 g/mol. The molecule has 2 aliphatic heterocycles. The zero-order valence-electron chi connectivity index (χ0n) is 9.78. The fourth-order valence-electron chi connectivity index (χ4n) is 2.58. The molecule has 0 radical (unpaired) electrons. The number of ether oxygens (including phenoxy) is 1. The van der Waals surface area contributed by atoms with Crippen molar-refractivity contribution in [2.75, 3.05) is 32.8 Å². The number of carbonyl (C=O) groups is 2. The first-order chi connectivity index (χ1) is 7.59. The van der Waals surface area contributed by atoms with Crippen LogP contribution in [0.3, 0.4) is 0 Å². The Balaban J connectivity index is 2.10. The van der Waals surface area contributed by atoms with E-state index < -0.39 is 0 Å². The molecule has 2 aliphatic rings. The standard InChI is InChI=1S/C11H18N2O3/c1-3-16-10(15)9-4-13(8(2)14)7-11(9)5-12-6-11/h9,12H,3-7H2,1-2H3. The molecule has 5 heteroatoms. The molecule has 2 rings (SSSR count). The number of carbonyl (C=O) groups excluding carboxylic acids is 2. The van der Waals surface area contributed by atoms with Crippen molar-refractivity contribution in [1.82, 2.24) is 10.2 Å². The summed E-state index contributed by atoms with van der Waals surface area (Å²) < 4.78 is 5.08. The van der Waals surface area contributed by atoms with E-state index in [1.54, 1.807) is 18.7 Å². The van der Waals surface area contributed by atoms with Crippen LogP contribution in [0.1, 0.15) is 13.8 Å². The Hall–Kier alpha value is -1.10. The van der Waals surface area contributed by atoms with Crippen molar-refractivity contribution in [1.29, 1.82) is 0 Å². The Labute approximate surface area is 95.1 Å². The smallest absolute Gasteiger partial charge is 0.311 e. The maximum Gasteiger partial charge on any atom is 0.311 e. The van der Waals surface area contributed by atoms with Crippen LogP contribution in [0.5, 0.6) is 0 Å². The van der Waals surface area contributed by atoms with Crippen LogP contribution in [-0.2, 0) is 14.3 Å². The van der Waals surface area contributed by atoms with Crippen LogP contribution in [0.2, 0.25) is 0 Å². The van der Waals surface area contributed by atoms with Crippen LogP contribution in [0.25, 0.3) is 0 Å². The molecule has 1 unspecified atom stereocenters. The van der Waals surface area contributed by atoms with Gasteiger partial charge in [0.2, 0.25) is 5.91 Å². The van der Waals surface area contributed by atoms with Gasteiger partial charge in [-0.2, -0.15) is 0 Å². The molecule has 0 bridgehead atoms. The summed E-state index contributed by atoms with van der Waals surface area (Å²) >= 11 is 0. The van der Waals surface area contributed by atoms with Crippen LogP contribution < -0.4 is 5.32 Å². The Morgan fingerprint density at radius 3 is 2.62 bits per heavy atom. The second kappa shape index (κ2) is 4.05. The minimum atomic E-state index is -0.159. The van der Waals surface area contributed by atoms with Gasteiger partial charge in [0.1, 0.15) is 0 Å². The maximum atomic E-state index is 11.8. The van der Waals surface area contributed by atoms with E-state index in [1.807, 2.05) is 0 Å². The number of esters is 1. The van der Waals surface area contributed by atoms with E-state index in [4.69, 9.17) is 4.74 Å². The highest BCUT2D eigenvalue weighted by atomic mass is 16.5. The van der Waals surface area contributed by atoms with Gasteiger partial charge in [-0.25, -0.2) is 0 Å². The van der Waals surface area contributed by atoms with Crippen LogP contribution in [-0.4, -0.2) is 49.6 Å². The first-order valence-corrected chi connectivity index (χ1v) is 5.72. The van der Waals surface area contributed by atoms with Gasteiger partial charge in [0, 0.05) is 38.5 Å². The molecule has 2 fully saturated rings. The van der Waals surface area contributed by atoms with Gasteiger partial charge in [0.15, 0.2) is 0 Å². The summed E-state index contributed by atoms with van der Waals surface area (Å²) in [6.07, 6.45) is 0. The zero-order valence-corrected chi connectivity index (χ0v) is 9.78. The lowest BCUT2D eigenvalue weighted by Crippen LogP contribution is -2.59. The zero-order chi connectivity index (χ0) is 11.8.